The number of amides is 2. The maximum Gasteiger partial charge on any atom is 0.254 e. The Morgan fingerprint density at radius 2 is 2.00 bits per heavy atom. The number of rotatable bonds is 2. The highest BCUT2D eigenvalue weighted by molar-refractivity contribution is 7.99. The lowest BCUT2D eigenvalue weighted by Gasteiger charge is -2.35. The second kappa shape index (κ2) is 6.68. The van der Waals surface area contributed by atoms with Gasteiger partial charge in [-0.2, -0.15) is 0 Å². The molecule has 132 valence electrons. The van der Waals surface area contributed by atoms with Crippen molar-refractivity contribution in [3.8, 4) is 0 Å². The lowest BCUT2D eigenvalue weighted by molar-refractivity contribution is -0.134. The van der Waals surface area contributed by atoms with E-state index < -0.39 is 0 Å². The van der Waals surface area contributed by atoms with Crippen molar-refractivity contribution in [3.05, 3.63) is 29.7 Å². The normalized spacial score (nSPS) is 21.1. The predicted octanol–water partition coefficient (Wildman–Crippen LogP) is 1.08. The van der Waals surface area contributed by atoms with Crippen LogP contribution >= 0.6 is 11.8 Å². The van der Waals surface area contributed by atoms with Gasteiger partial charge in [0.1, 0.15) is 5.52 Å². The largest absolute Gasteiger partial charge is 0.441 e. The maximum absolute atomic E-state index is 12.7. The molecule has 0 radical (unpaired) electrons. The van der Waals surface area contributed by atoms with E-state index in [2.05, 4.69) is 10.3 Å². The molecule has 0 aliphatic carbocycles. The first-order valence-corrected chi connectivity index (χ1v) is 9.54. The van der Waals surface area contributed by atoms with Crippen LogP contribution in [0.3, 0.4) is 0 Å². The molecule has 8 heteroatoms. The molecular formula is C17H20N4O3S. The number of nitrogens with one attached hydrogen (secondary N) is 1. The van der Waals surface area contributed by atoms with Crippen LogP contribution in [0.2, 0.25) is 0 Å². The van der Waals surface area contributed by atoms with Gasteiger partial charge in [-0.15, -0.1) is 11.8 Å². The van der Waals surface area contributed by atoms with Crippen molar-refractivity contribution in [2.24, 2.45) is 0 Å². The number of benzene rings is 1. The molecule has 7 nitrogen and oxygen atoms in total. The van der Waals surface area contributed by atoms with Crippen molar-refractivity contribution in [2.45, 2.75) is 13.0 Å². The minimum absolute atomic E-state index is 0.0300. The number of nitrogens with zero attached hydrogens (tertiary/aromatic N) is 3. The summed E-state index contributed by atoms with van der Waals surface area (Å²) in [6, 6.07) is 5.25. The number of fused-ring (bicyclic) bond motifs is 1. The average Bonchev–Trinajstić information content (AvgIpc) is 3.28. The molecule has 2 aromatic rings. The fraction of sp³-hybridized carbons (Fsp3) is 0.471. The minimum Gasteiger partial charge on any atom is -0.441 e. The SMILES string of the molecule is Cc1nc2ccc(C(=O)N3CCN(C(=O)C4CSCN4)CC3)cc2o1. The number of piperazine rings is 1. The number of carbonyl (C=O) groups is 2. The van der Waals surface area contributed by atoms with Gasteiger partial charge in [-0.25, -0.2) is 4.98 Å². The van der Waals surface area contributed by atoms with E-state index in [9.17, 15) is 9.59 Å². The molecule has 4 rings (SSSR count). The predicted molar refractivity (Wildman–Crippen MR) is 95.5 cm³/mol. The van der Waals surface area contributed by atoms with Crippen LogP contribution in [0.1, 0.15) is 16.2 Å². The van der Waals surface area contributed by atoms with Crippen molar-refractivity contribution in [1.29, 1.82) is 0 Å². The van der Waals surface area contributed by atoms with Crippen LogP contribution in [0, 0.1) is 6.92 Å². The molecule has 0 bridgehead atoms. The molecule has 1 atom stereocenters. The van der Waals surface area contributed by atoms with Gasteiger partial charge in [-0.3, -0.25) is 14.9 Å². The topological polar surface area (TPSA) is 78.7 Å². The summed E-state index contributed by atoms with van der Waals surface area (Å²) in [5.41, 5.74) is 1.98. The summed E-state index contributed by atoms with van der Waals surface area (Å²) in [7, 11) is 0. The van der Waals surface area contributed by atoms with Gasteiger partial charge < -0.3 is 14.2 Å². The van der Waals surface area contributed by atoms with Gasteiger partial charge in [0.05, 0.1) is 6.04 Å². The molecule has 1 unspecified atom stereocenters. The van der Waals surface area contributed by atoms with Gasteiger partial charge in [0.2, 0.25) is 5.91 Å². The van der Waals surface area contributed by atoms with Gasteiger partial charge in [-0.05, 0) is 18.2 Å². The van der Waals surface area contributed by atoms with Crippen molar-refractivity contribution in [2.75, 3.05) is 37.8 Å². The lowest BCUT2D eigenvalue weighted by atomic mass is 10.1. The quantitative estimate of drug-likeness (QED) is 0.864. The first-order chi connectivity index (χ1) is 12.1. The zero-order valence-electron chi connectivity index (χ0n) is 14.0. The summed E-state index contributed by atoms with van der Waals surface area (Å²) in [5, 5.41) is 3.21. The van der Waals surface area contributed by atoms with Crippen LogP contribution in [0.25, 0.3) is 11.1 Å². The van der Waals surface area contributed by atoms with Crippen LogP contribution in [0.4, 0.5) is 0 Å². The number of hydrogen-bond donors (Lipinski definition) is 1. The number of carbonyl (C=O) groups excluding carboxylic acids is 2. The zero-order chi connectivity index (χ0) is 17.4. The highest BCUT2D eigenvalue weighted by Crippen LogP contribution is 2.19. The monoisotopic (exact) mass is 360 g/mol. The molecule has 2 fully saturated rings. The molecule has 1 N–H and O–H groups in total. The van der Waals surface area contributed by atoms with Crippen LogP contribution in [-0.2, 0) is 4.79 Å². The third kappa shape index (κ3) is 3.23. The van der Waals surface area contributed by atoms with Crippen LogP contribution in [0.5, 0.6) is 0 Å². The summed E-state index contributed by atoms with van der Waals surface area (Å²) >= 11 is 1.74. The molecule has 2 aliphatic heterocycles. The molecule has 2 aliphatic rings. The Hall–Kier alpha value is -2.06. The number of aromatic nitrogens is 1. The number of oxazole rings is 1. The summed E-state index contributed by atoms with van der Waals surface area (Å²) in [6.45, 7) is 4.05. The van der Waals surface area contributed by atoms with Crippen LogP contribution in [-0.4, -0.2) is 70.4 Å². The number of aryl methyl sites for hydroxylation is 1. The standard InChI is InChI=1S/C17H20N4O3S/c1-11-19-13-3-2-12(8-15(13)24-11)16(22)20-4-6-21(7-5-20)17(23)14-9-25-10-18-14/h2-3,8,14,18H,4-7,9-10H2,1H3. The number of hydrogen-bond acceptors (Lipinski definition) is 6. The fourth-order valence-corrected chi connectivity index (χ4v) is 4.19. The Morgan fingerprint density at radius 3 is 2.72 bits per heavy atom. The molecular weight excluding hydrogens is 340 g/mol. The van der Waals surface area contributed by atoms with Gasteiger partial charge in [0, 0.05) is 50.3 Å². The van der Waals surface area contributed by atoms with E-state index in [1.165, 1.54) is 0 Å². The van der Waals surface area contributed by atoms with E-state index in [0.29, 0.717) is 43.2 Å². The molecule has 3 heterocycles. The summed E-state index contributed by atoms with van der Waals surface area (Å²) in [4.78, 5) is 33.1. The highest BCUT2D eigenvalue weighted by atomic mass is 32.2. The second-order valence-corrected chi connectivity index (χ2v) is 7.33. The van der Waals surface area contributed by atoms with Crippen molar-refractivity contribution >= 4 is 34.7 Å². The highest BCUT2D eigenvalue weighted by Gasteiger charge is 2.30. The van der Waals surface area contributed by atoms with E-state index in [4.69, 9.17) is 4.42 Å². The van der Waals surface area contributed by atoms with E-state index >= 15 is 0 Å². The Kier molecular flexibility index (Phi) is 4.39. The summed E-state index contributed by atoms with van der Waals surface area (Å²) in [5.74, 6) is 2.37. The molecule has 0 spiro atoms. The van der Waals surface area contributed by atoms with Gasteiger partial charge in [0.25, 0.3) is 5.91 Å². The first kappa shape index (κ1) is 16.4. The average molecular weight is 360 g/mol. The summed E-state index contributed by atoms with van der Waals surface area (Å²) in [6.07, 6.45) is 0. The van der Waals surface area contributed by atoms with Crippen molar-refractivity contribution in [3.63, 3.8) is 0 Å². The third-order valence-electron chi connectivity index (χ3n) is 4.64. The molecule has 2 saturated heterocycles. The first-order valence-electron chi connectivity index (χ1n) is 8.38. The van der Waals surface area contributed by atoms with Gasteiger partial charge >= 0.3 is 0 Å². The molecule has 2 amide bonds. The Labute approximate surface area is 149 Å². The molecule has 25 heavy (non-hydrogen) atoms. The number of thioether (sulfide) groups is 1. The second-order valence-electron chi connectivity index (χ2n) is 6.30. The van der Waals surface area contributed by atoms with Crippen LogP contribution < -0.4 is 5.32 Å². The Bertz CT molecular complexity index is 807. The van der Waals surface area contributed by atoms with Crippen molar-refractivity contribution in [1.82, 2.24) is 20.1 Å². The maximum atomic E-state index is 12.7. The van der Waals surface area contributed by atoms with E-state index in [-0.39, 0.29) is 17.9 Å². The van der Waals surface area contributed by atoms with Gasteiger partial charge in [-0.1, -0.05) is 0 Å². The summed E-state index contributed by atoms with van der Waals surface area (Å²) < 4.78 is 5.51. The molecule has 0 saturated carbocycles. The van der Waals surface area contributed by atoms with E-state index in [1.54, 1.807) is 35.7 Å². The Morgan fingerprint density at radius 1 is 1.24 bits per heavy atom. The molecule has 1 aromatic carbocycles. The van der Waals surface area contributed by atoms with Gasteiger partial charge in [0.15, 0.2) is 11.5 Å². The smallest absolute Gasteiger partial charge is 0.254 e. The Balaban J connectivity index is 1.40. The third-order valence-corrected chi connectivity index (χ3v) is 5.58. The minimum atomic E-state index is -0.0793. The fourth-order valence-electron chi connectivity index (χ4n) is 3.26. The lowest BCUT2D eigenvalue weighted by Crippen LogP contribution is -2.54. The van der Waals surface area contributed by atoms with Crippen LogP contribution in [0.15, 0.2) is 22.6 Å². The molecule has 1 aromatic heterocycles. The van der Waals surface area contributed by atoms with Crippen molar-refractivity contribution < 1.29 is 14.0 Å². The zero-order valence-corrected chi connectivity index (χ0v) is 14.8. The van der Waals surface area contributed by atoms with E-state index in [1.807, 2.05) is 11.0 Å². The van der Waals surface area contributed by atoms with E-state index in [0.717, 1.165) is 17.1 Å².